The van der Waals surface area contributed by atoms with Crippen molar-refractivity contribution in [1.82, 2.24) is 15.4 Å². The first-order chi connectivity index (χ1) is 9.72. The number of aromatic nitrogens is 3. The van der Waals surface area contributed by atoms with Gasteiger partial charge in [0.05, 0.1) is 6.20 Å². The normalized spacial score (nSPS) is 10.4. The van der Waals surface area contributed by atoms with E-state index in [1.54, 1.807) is 0 Å². The van der Waals surface area contributed by atoms with Gasteiger partial charge in [-0.2, -0.15) is 0 Å². The van der Waals surface area contributed by atoms with Gasteiger partial charge in [-0.05, 0) is 18.2 Å². The lowest BCUT2D eigenvalue weighted by molar-refractivity contribution is 0.102. The summed E-state index contributed by atoms with van der Waals surface area (Å²) in [5.41, 5.74) is 0.143. The lowest BCUT2D eigenvalue weighted by Gasteiger charge is -1.99. The molecule has 3 aromatic rings. The van der Waals surface area contributed by atoms with E-state index in [1.807, 2.05) is 0 Å². The Balaban J connectivity index is 1.77. The van der Waals surface area contributed by atoms with Gasteiger partial charge in [-0.25, -0.2) is 4.39 Å². The molecule has 1 amide bonds. The SMILES string of the molecule is O=C(Nc1nnc(-c2ccno2)o1)c1cccc(F)c1. The van der Waals surface area contributed by atoms with Gasteiger partial charge in [0.25, 0.3) is 11.8 Å². The molecule has 0 radical (unpaired) electrons. The van der Waals surface area contributed by atoms with Crippen LogP contribution < -0.4 is 5.32 Å². The van der Waals surface area contributed by atoms with Crippen LogP contribution in [-0.2, 0) is 0 Å². The highest BCUT2D eigenvalue weighted by molar-refractivity contribution is 6.03. The van der Waals surface area contributed by atoms with Crippen LogP contribution in [0, 0.1) is 5.82 Å². The Morgan fingerprint density at radius 1 is 1.25 bits per heavy atom. The summed E-state index contributed by atoms with van der Waals surface area (Å²) in [7, 11) is 0. The molecule has 0 unspecified atom stereocenters. The molecule has 3 rings (SSSR count). The van der Waals surface area contributed by atoms with Gasteiger partial charge in [-0.15, -0.1) is 5.10 Å². The summed E-state index contributed by atoms with van der Waals surface area (Å²) in [5.74, 6) is -0.705. The van der Waals surface area contributed by atoms with E-state index in [9.17, 15) is 9.18 Å². The van der Waals surface area contributed by atoms with E-state index in [0.29, 0.717) is 0 Å². The van der Waals surface area contributed by atoms with Crippen molar-refractivity contribution in [2.75, 3.05) is 5.32 Å². The molecular weight excluding hydrogens is 267 g/mol. The van der Waals surface area contributed by atoms with Gasteiger partial charge in [-0.3, -0.25) is 10.1 Å². The first kappa shape index (κ1) is 12.0. The lowest BCUT2D eigenvalue weighted by Crippen LogP contribution is -2.12. The van der Waals surface area contributed by atoms with E-state index in [0.717, 1.165) is 6.07 Å². The summed E-state index contributed by atoms with van der Waals surface area (Å²) in [6.45, 7) is 0. The molecule has 0 aliphatic carbocycles. The second-order valence-electron chi connectivity index (χ2n) is 3.75. The molecular formula is C12H7FN4O3. The van der Waals surface area contributed by atoms with Crippen LogP contribution in [0.15, 0.2) is 45.5 Å². The number of anilines is 1. The van der Waals surface area contributed by atoms with E-state index in [1.165, 1.54) is 30.5 Å². The van der Waals surface area contributed by atoms with Gasteiger partial charge < -0.3 is 8.94 Å². The van der Waals surface area contributed by atoms with Gasteiger partial charge in [0, 0.05) is 11.6 Å². The minimum absolute atomic E-state index is 0.0806. The highest BCUT2D eigenvalue weighted by atomic mass is 19.1. The van der Waals surface area contributed by atoms with E-state index in [-0.39, 0.29) is 23.2 Å². The first-order valence-corrected chi connectivity index (χ1v) is 5.54. The molecule has 0 saturated carbocycles. The van der Waals surface area contributed by atoms with Crippen LogP contribution in [0.5, 0.6) is 0 Å². The van der Waals surface area contributed by atoms with Crippen LogP contribution in [0.3, 0.4) is 0 Å². The lowest BCUT2D eigenvalue weighted by atomic mass is 10.2. The molecule has 0 spiro atoms. The second-order valence-corrected chi connectivity index (χ2v) is 3.75. The molecule has 20 heavy (non-hydrogen) atoms. The third-order valence-corrected chi connectivity index (χ3v) is 2.38. The molecule has 8 heteroatoms. The van der Waals surface area contributed by atoms with Crippen LogP contribution in [0.4, 0.5) is 10.4 Å². The third-order valence-electron chi connectivity index (χ3n) is 2.38. The van der Waals surface area contributed by atoms with Crippen molar-refractivity contribution in [3.63, 3.8) is 0 Å². The fourth-order valence-corrected chi connectivity index (χ4v) is 1.50. The summed E-state index contributed by atoms with van der Waals surface area (Å²) < 4.78 is 23.0. The maximum absolute atomic E-state index is 13.0. The number of nitrogens with zero attached hydrogens (tertiary/aromatic N) is 3. The first-order valence-electron chi connectivity index (χ1n) is 5.54. The fraction of sp³-hybridized carbons (Fsp3) is 0. The Morgan fingerprint density at radius 2 is 2.15 bits per heavy atom. The predicted octanol–water partition coefficient (Wildman–Crippen LogP) is 2.12. The van der Waals surface area contributed by atoms with Crippen molar-refractivity contribution in [3.8, 4) is 11.7 Å². The minimum atomic E-state index is -0.558. The highest BCUT2D eigenvalue weighted by Gasteiger charge is 2.14. The van der Waals surface area contributed by atoms with Crippen molar-refractivity contribution >= 4 is 11.9 Å². The molecule has 0 bridgehead atoms. The summed E-state index contributed by atoms with van der Waals surface area (Å²) in [4.78, 5) is 11.8. The van der Waals surface area contributed by atoms with Crippen LogP contribution in [0.1, 0.15) is 10.4 Å². The van der Waals surface area contributed by atoms with Crippen LogP contribution in [0.25, 0.3) is 11.7 Å². The van der Waals surface area contributed by atoms with Crippen LogP contribution in [0.2, 0.25) is 0 Å². The number of nitrogens with one attached hydrogen (secondary N) is 1. The number of rotatable bonds is 3. The smallest absolute Gasteiger partial charge is 0.322 e. The molecule has 0 saturated heterocycles. The largest absolute Gasteiger partial charge is 0.400 e. The van der Waals surface area contributed by atoms with Gasteiger partial charge >= 0.3 is 6.01 Å². The summed E-state index contributed by atoms with van der Waals surface area (Å²) in [6, 6.07) is 6.65. The van der Waals surface area contributed by atoms with E-state index in [2.05, 4.69) is 20.7 Å². The molecule has 1 aromatic carbocycles. The fourth-order valence-electron chi connectivity index (χ4n) is 1.50. The number of hydrogen-bond acceptors (Lipinski definition) is 6. The highest BCUT2D eigenvalue weighted by Crippen LogP contribution is 2.19. The number of benzene rings is 1. The molecule has 7 nitrogen and oxygen atoms in total. The maximum Gasteiger partial charge on any atom is 0.322 e. The number of hydrogen-bond donors (Lipinski definition) is 1. The van der Waals surface area contributed by atoms with E-state index < -0.39 is 11.7 Å². The zero-order valence-electron chi connectivity index (χ0n) is 9.91. The zero-order valence-corrected chi connectivity index (χ0v) is 9.91. The maximum atomic E-state index is 13.0. The van der Waals surface area contributed by atoms with Crippen molar-refractivity contribution < 1.29 is 18.1 Å². The van der Waals surface area contributed by atoms with Crippen LogP contribution >= 0.6 is 0 Å². The number of halogens is 1. The molecule has 1 N–H and O–H groups in total. The van der Waals surface area contributed by atoms with E-state index in [4.69, 9.17) is 8.94 Å². The quantitative estimate of drug-likeness (QED) is 0.786. The average Bonchev–Trinajstić information content (AvgIpc) is 3.08. The molecule has 100 valence electrons. The molecule has 2 heterocycles. The van der Waals surface area contributed by atoms with Crippen molar-refractivity contribution in [3.05, 3.63) is 47.9 Å². The molecule has 2 aromatic heterocycles. The second kappa shape index (κ2) is 4.92. The molecule has 0 atom stereocenters. The summed E-state index contributed by atoms with van der Waals surface area (Å²) >= 11 is 0. The molecule has 0 aliphatic heterocycles. The Morgan fingerprint density at radius 3 is 2.90 bits per heavy atom. The van der Waals surface area contributed by atoms with Gasteiger partial charge in [0.2, 0.25) is 5.76 Å². The Kier molecular flexibility index (Phi) is 2.96. The Hall–Kier alpha value is -3.03. The molecule has 0 fully saturated rings. The van der Waals surface area contributed by atoms with Crippen LogP contribution in [-0.4, -0.2) is 21.3 Å². The standard InChI is InChI=1S/C12H7FN4O3/c13-8-3-1-2-7(6-8)10(18)15-12-17-16-11(19-12)9-4-5-14-20-9/h1-6H,(H,15,17,18). The van der Waals surface area contributed by atoms with Gasteiger partial charge in [0.15, 0.2) is 0 Å². The van der Waals surface area contributed by atoms with Crippen molar-refractivity contribution in [2.45, 2.75) is 0 Å². The summed E-state index contributed by atoms with van der Waals surface area (Å²) in [6.07, 6.45) is 1.42. The zero-order chi connectivity index (χ0) is 13.9. The van der Waals surface area contributed by atoms with Crippen molar-refractivity contribution in [1.29, 1.82) is 0 Å². The third kappa shape index (κ3) is 2.39. The Labute approximate surface area is 111 Å². The number of amides is 1. The topological polar surface area (TPSA) is 94.1 Å². The van der Waals surface area contributed by atoms with Gasteiger partial charge in [-0.1, -0.05) is 16.3 Å². The minimum Gasteiger partial charge on any atom is -0.400 e. The Bertz CT molecular complexity index is 739. The monoisotopic (exact) mass is 274 g/mol. The molecule has 0 aliphatic rings. The average molecular weight is 274 g/mol. The number of carbonyl (C=O) groups is 1. The summed E-state index contributed by atoms with van der Waals surface area (Å²) in [5, 5.41) is 13.2. The van der Waals surface area contributed by atoms with Gasteiger partial charge in [0.1, 0.15) is 5.82 Å². The van der Waals surface area contributed by atoms with Crippen molar-refractivity contribution in [2.24, 2.45) is 0 Å². The van der Waals surface area contributed by atoms with E-state index >= 15 is 0 Å². The predicted molar refractivity (Wildman–Crippen MR) is 64.1 cm³/mol. The number of carbonyl (C=O) groups excluding carboxylic acids is 1.